The number of nitrogens with zero attached hydrogens (tertiary/aromatic N) is 3. The van der Waals surface area contributed by atoms with Crippen molar-refractivity contribution in [2.75, 3.05) is 26.7 Å². The van der Waals surface area contributed by atoms with Crippen molar-refractivity contribution in [1.29, 1.82) is 0 Å². The minimum absolute atomic E-state index is 0.00120. The van der Waals surface area contributed by atoms with Gasteiger partial charge in [0.15, 0.2) is 6.54 Å². The number of rotatable bonds is 5. The van der Waals surface area contributed by atoms with Crippen molar-refractivity contribution in [3.63, 3.8) is 0 Å². The molecule has 4 rings (SSSR count). The van der Waals surface area contributed by atoms with E-state index in [0.717, 1.165) is 30.6 Å². The molecule has 0 bridgehead atoms. The molecule has 0 aromatic carbocycles. The normalized spacial score (nSPS) is 26.0. The molecule has 1 N–H and O–H groups in total. The van der Waals surface area contributed by atoms with E-state index in [-0.39, 0.29) is 17.4 Å². The van der Waals surface area contributed by atoms with E-state index >= 15 is 0 Å². The number of hydrogen-bond acceptors (Lipinski definition) is 5. The van der Waals surface area contributed by atoms with Crippen molar-refractivity contribution in [3.05, 3.63) is 23.1 Å². The van der Waals surface area contributed by atoms with Crippen molar-refractivity contribution < 1.29 is 27.4 Å². The lowest BCUT2D eigenvalue weighted by atomic mass is 9.94. The molecule has 2 heterocycles. The fourth-order valence-corrected chi connectivity index (χ4v) is 5.38. The zero-order valence-electron chi connectivity index (χ0n) is 16.6. The molecule has 2 fully saturated rings. The van der Waals surface area contributed by atoms with Crippen LogP contribution in [0.25, 0.3) is 0 Å². The molecular formula is C19H25N4O5S+. The molecule has 10 heteroatoms. The summed E-state index contributed by atoms with van der Waals surface area (Å²) in [6.45, 7) is 2.75. The molecule has 2 aliphatic carbocycles. The Morgan fingerprint density at radius 3 is 2.52 bits per heavy atom. The molecule has 2 aliphatic heterocycles. The summed E-state index contributed by atoms with van der Waals surface area (Å²) in [6.07, 6.45) is 7.62. The molecule has 0 radical (unpaired) electrons. The van der Waals surface area contributed by atoms with Gasteiger partial charge in [0.25, 0.3) is 5.91 Å². The molecule has 0 spiro atoms. The SMILES string of the molecule is C[N+]1=C2C=CC(S(=O)(=O)NC3(C)CC3)=CC2C(=O)N(CC(=O)N2CCCC2)C1=O. The maximum absolute atomic E-state index is 13.0. The third kappa shape index (κ3) is 3.66. The lowest BCUT2D eigenvalue weighted by Crippen LogP contribution is -2.56. The number of allylic oxidation sites excluding steroid dienone is 2. The highest BCUT2D eigenvalue weighted by atomic mass is 32.2. The average molecular weight is 421 g/mol. The molecule has 1 saturated heterocycles. The zero-order valence-corrected chi connectivity index (χ0v) is 17.4. The lowest BCUT2D eigenvalue weighted by molar-refractivity contribution is -0.406. The van der Waals surface area contributed by atoms with E-state index in [1.54, 1.807) is 4.90 Å². The van der Waals surface area contributed by atoms with E-state index < -0.39 is 33.4 Å². The van der Waals surface area contributed by atoms with Crippen molar-refractivity contribution >= 4 is 33.6 Å². The molecule has 1 saturated carbocycles. The highest BCUT2D eigenvalue weighted by Crippen LogP contribution is 2.36. The van der Waals surface area contributed by atoms with Gasteiger partial charge in [0.05, 0.1) is 12.0 Å². The van der Waals surface area contributed by atoms with Gasteiger partial charge in [-0.05, 0) is 50.8 Å². The third-order valence-electron chi connectivity index (χ3n) is 5.95. The topological polar surface area (TPSA) is 107 Å². The Labute approximate surface area is 169 Å². The Morgan fingerprint density at radius 2 is 1.90 bits per heavy atom. The summed E-state index contributed by atoms with van der Waals surface area (Å²) in [4.78, 5) is 40.7. The van der Waals surface area contributed by atoms with Crippen LogP contribution in [0.15, 0.2) is 23.1 Å². The number of sulfonamides is 1. The van der Waals surface area contributed by atoms with Crippen molar-refractivity contribution in [2.24, 2.45) is 5.92 Å². The van der Waals surface area contributed by atoms with Gasteiger partial charge in [-0.2, -0.15) is 9.37 Å². The van der Waals surface area contributed by atoms with E-state index in [1.807, 2.05) is 6.92 Å². The molecule has 4 amide bonds. The van der Waals surface area contributed by atoms with E-state index in [1.165, 1.54) is 29.9 Å². The first-order valence-corrected chi connectivity index (χ1v) is 11.3. The van der Waals surface area contributed by atoms with Gasteiger partial charge >= 0.3 is 11.9 Å². The summed E-state index contributed by atoms with van der Waals surface area (Å²) in [5.74, 6) is -1.77. The van der Waals surface area contributed by atoms with E-state index in [9.17, 15) is 22.8 Å². The van der Waals surface area contributed by atoms with Crippen LogP contribution in [-0.2, 0) is 19.6 Å². The smallest absolute Gasteiger partial charge is 0.339 e. The maximum atomic E-state index is 13.0. The van der Waals surface area contributed by atoms with E-state index in [4.69, 9.17) is 0 Å². The Morgan fingerprint density at radius 1 is 1.24 bits per heavy atom. The molecule has 1 unspecified atom stereocenters. The Kier molecular flexibility index (Phi) is 4.73. The Bertz CT molecular complexity index is 984. The Hall–Kier alpha value is -2.33. The Balaban J connectivity index is 1.60. The number of likely N-dealkylation sites (tertiary alicyclic amines) is 1. The van der Waals surface area contributed by atoms with Crippen LogP contribution in [0.3, 0.4) is 0 Å². The van der Waals surface area contributed by atoms with Crippen LogP contribution in [0.5, 0.6) is 0 Å². The van der Waals surface area contributed by atoms with Crippen molar-refractivity contribution in [2.45, 2.75) is 38.1 Å². The number of carbonyl (C=O) groups excluding carboxylic acids is 3. The number of fused-ring (bicyclic) bond motifs is 1. The second-order valence-corrected chi connectivity index (χ2v) is 10.0. The minimum atomic E-state index is -3.78. The van der Waals surface area contributed by atoms with Crippen LogP contribution < -0.4 is 4.72 Å². The van der Waals surface area contributed by atoms with Crippen LogP contribution in [-0.4, -0.2) is 78.6 Å². The summed E-state index contributed by atoms with van der Waals surface area (Å²) in [5.41, 5.74) is -0.0314. The van der Waals surface area contributed by atoms with Crippen molar-refractivity contribution in [1.82, 2.24) is 14.5 Å². The fraction of sp³-hybridized carbons (Fsp3) is 0.579. The lowest BCUT2D eigenvalue weighted by Gasteiger charge is -2.27. The van der Waals surface area contributed by atoms with E-state index in [0.29, 0.717) is 18.8 Å². The van der Waals surface area contributed by atoms with Crippen LogP contribution >= 0.6 is 0 Å². The van der Waals surface area contributed by atoms with Crippen molar-refractivity contribution in [3.8, 4) is 0 Å². The summed E-state index contributed by atoms with van der Waals surface area (Å²) in [7, 11) is -2.26. The number of urea groups is 1. The van der Waals surface area contributed by atoms with Gasteiger partial charge in [0.2, 0.25) is 10.0 Å². The summed E-state index contributed by atoms with van der Waals surface area (Å²) in [6, 6.07) is -0.582. The summed E-state index contributed by atoms with van der Waals surface area (Å²) >= 11 is 0. The monoisotopic (exact) mass is 421 g/mol. The second-order valence-electron chi connectivity index (χ2n) is 8.32. The highest BCUT2D eigenvalue weighted by Gasteiger charge is 2.49. The minimum Gasteiger partial charge on any atom is -0.339 e. The van der Waals surface area contributed by atoms with Gasteiger partial charge in [0, 0.05) is 18.6 Å². The molecule has 1 atom stereocenters. The number of imide groups is 1. The van der Waals surface area contributed by atoms with Gasteiger partial charge in [-0.1, -0.05) is 0 Å². The van der Waals surface area contributed by atoms with Gasteiger partial charge in [-0.3, -0.25) is 4.79 Å². The van der Waals surface area contributed by atoms with Gasteiger partial charge in [-0.25, -0.2) is 17.9 Å². The number of hydrogen-bond donors (Lipinski definition) is 1. The third-order valence-corrected chi connectivity index (χ3v) is 7.60. The standard InChI is InChI=1S/C19H25N4O5S/c1-19(7-8-19)20-29(27,28)13-5-6-15-14(11-13)17(25)23(18(26)21(15)2)12-16(24)22-9-3-4-10-22/h5-6,11,14,20H,3-4,7-10,12H2,1-2H3/q+1. The van der Waals surface area contributed by atoms with Crippen LogP contribution in [0.1, 0.15) is 32.6 Å². The van der Waals surface area contributed by atoms with Gasteiger partial charge in [-0.15, -0.1) is 4.90 Å². The summed E-state index contributed by atoms with van der Waals surface area (Å²) < 4.78 is 29.4. The number of nitrogens with one attached hydrogen (secondary N) is 1. The molecule has 156 valence electrons. The van der Waals surface area contributed by atoms with Gasteiger partial charge in [0.1, 0.15) is 11.6 Å². The first kappa shape index (κ1) is 20.0. The maximum Gasteiger partial charge on any atom is 0.501 e. The van der Waals surface area contributed by atoms with E-state index in [2.05, 4.69) is 4.72 Å². The molecular weight excluding hydrogens is 396 g/mol. The number of amides is 4. The summed E-state index contributed by atoms with van der Waals surface area (Å²) in [5, 5.41) is 0. The molecule has 4 aliphatic rings. The predicted octanol–water partition coefficient (Wildman–Crippen LogP) is 0.196. The zero-order chi connectivity index (χ0) is 21.0. The predicted molar refractivity (Wildman–Crippen MR) is 105 cm³/mol. The molecule has 0 aromatic rings. The van der Waals surface area contributed by atoms with Gasteiger partial charge < -0.3 is 4.90 Å². The van der Waals surface area contributed by atoms with Crippen LogP contribution in [0.4, 0.5) is 4.79 Å². The number of carbonyl (C=O) groups is 3. The first-order valence-electron chi connectivity index (χ1n) is 9.79. The van der Waals surface area contributed by atoms with Crippen LogP contribution in [0, 0.1) is 5.92 Å². The largest absolute Gasteiger partial charge is 0.501 e. The first-order chi connectivity index (χ1) is 13.6. The second kappa shape index (κ2) is 6.88. The highest BCUT2D eigenvalue weighted by molar-refractivity contribution is 7.93. The quantitative estimate of drug-likeness (QED) is 0.638. The molecule has 29 heavy (non-hydrogen) atoms. The fourth-order valence-electron chi connectivity index (χ4n) is 3.85. The molecule has 9 nitrogen and oxygen atoms in total. The molecule has 0 aromatic heterocycles. The van der Waals surface area contributed by atoms with Crippen LogP contribution in [0.2, 0.25) is 0 Å². The average Bonchev–Trinajstić information content (AvgIpc) is 3.16.